The van der Waals surface area contributed by atoms with Crippen LogP contribution in [-0.2, 0) is 0 Å². The summed E-state index contributed by atoms with van der Waals surface area (Å²) in [6, 6.07) is 9.62. The molecular weight excluding hydrogens is 258 g/mol. The highest BCUT2D eigenvalue weighted by atomic mass is 35.5. The van der Waals surface area contributed by atoms with Gasteiger partial charge in [0.2, 0.25) is 0 Å². The van der Waals surface area contributed by atoms with Crippen molar-refractivity contribution in [2.75, 3.05) is 0 Å². The molecule has 0 heterocycles. The van der Waals surface area contributed by atoms with Gasteiger partial charge in [0, 0.05) is 21.2 Å². The lowest BCUT2D eigenvalue weighted by Crippen LogP contribution is -1.85. The zero-order chi connectivity index (χ0) is 12.4. The Kier molecular flexibility index (Phi) is 3.51. The summed E-state index contributed by atoms with van der Waals surface area (Å²) in [5.74, 6) is -0.343. The molecule has 17 heavy (non-hydrogen) atoms. The quantitative estimate of drug-likeness (QED) is 0.679. The van der Waals surface area contributed by atoms with E-state index < -0.39 is 0 Å². The van der Waals surface area contributed by atoms with Crippen molar-refractivity contribution in [3.63, 3.8) is 0 Å². The first-order valence-corrected chi connectivity index (χ1v) is 5.75. The highest BCUT2D eigenvalue weighted by Gasteiger charge is 2.09. The third-order valence-electron chi connectivity index (χ3n) is 2.44. The van der Waals surface area contributed by atoms with Gasteiger partial charge in [-0.05, 0) is 35.9 Å². The van der Waals surface area contributed by atoms with Crippen LogP contribution in [-0.4, -0.2) is 0 Å². The molecule has 0 nitrogen and oxygen atoms in total. The van der Waals surface area contributed by atoms with Gasteiger partial charge < -0.3 is 0 Å². The summed E-state index contributed by atoms with van der Waals surface area (Å²) < 4.78 is 13.2. The van der Waals surface area contributed by atoms with E-state index in [-0.39, 0.29) is 5.82 Å². The van der Waals surface area contributed by atoms with Crippen molar-refractivity contribution < 1.29 is 4.39 Å². The van der Waals surface area contributed by atoms with Gasteiger partial charge in [-0.3, -0.25) is 0 Å². The van der Waals surface area contributed by atoms with Crippen LogP contribution in [0.5, 0.6) is 0 Å². The van der Waals surface area contributed by atoms with Crippen molar-refractivity contribution >= 4 is 29.3 Å². The maximum atomic E-state index is 13.2. The summed E-state index contributed by atoms with van der Waals surface area (Å²) in [5, 5.41) is 0.998. The Hall–Kier alpha value is -1.31. The summed E-state index contributed by atoms with van der Waals surface area (Å²) in [6.45, 7) is 3.69. The number of hydrogen-bond donors (Lipinski definition) is 0. The van der Waals surface area contributed by atoms with Crippen LogP contribution in [0, 0.1) is 5.82 Å². The van der Waals surface area contributed by atoms with Gasteiger partial charge in [-0.1, -0.05) is 41.9 Å². The van der Waals surface area contributed by atoms with Gasteiger partial charge in [0.15, 0.2) is 0 Å². The molecule has 0 amide bonds. The van der Waals surface area contributed by atoms with Gasteiger partial charge in [0.1, 0.15) is 5.82 Å². The normalized spacial score (nSPS) is 10.3. The minimum Gasteiger partial charge on any atom is -0.207 e. The molecule has 0 spiro atoms. The first-order valence-electron chi connectivity index (χ1n) is 4.99. The lowest BCUT2D eigenvalue weighted by atomic mass is 10.0. The summed E-state index contributed by atoms with van der Waals surface area (Å²) >= 11 is 12.1. The van der Waals surface area contributed by atoms with Crippen LogP contribution < -0.4 is 0 Å². The molecule has 0 N–H and O–H groups in total. The number of halogens is 3. The first-order chi connectivity index (χ1) is 8.11. The molecule has 0 unspecified atom stereocenters. The third-order valence-corrected chi connectivity index (χ3v) is 3.10. The minimum atomic E-state index is -0.343. The van der Waals surface area contributed by atoms with E-state index in [1.54, 1.807) is 12.1 Å². The molecule has 0 fully saturated rings. The fourth-order valence-corrected chi connectivity index (χ4v) is 2.02. The van der Waals surface area contributed by atoms with Crippen molar-refractivity contribution in [3.8, 4) is 11.1 Å². The fraction of sp³-hybridized carbons (Fsp3) is 0. The summed E-state index contributed by atoms with van der Waals surface area (Å²) in [5.41, 5.74) is 2.19. The highest BCUT2D eigenvalue weighted by molar-refractivity contribution is 6.36. The molecule has 2 rings (SSSR count). The van der Waals surface area contributed by atoms with Gasteiger partial charge in [-0.15, -0.1) is 0 Å². The summed E-state index contributed by atoms with van der Waals surface area (Å²) in [6.07, 6.45) is 1.70. The van der Waals surface area contributed by atoms with E-state index in [0.717, 1.165) is 5.56 Å². The van der Waals surface area contributed by atoms with E-state index in [0.29, 0.717) is 21.2 Å². The van der Waals surface area contributed by atoms with Crippen molar-refractivity contribution in [2.45, 2.75) is 0 Å². The van der Waals surface area contributed by atoms with Crippen molar-refractivity contribution in [2.24, 2.45) is 0 Å². The molecule has 2 aromatic carbocycles. The van der Waals surface area contributed by atoms with Crippen LogP contribution in [0.1, 0.15) is 5.56 Å². The maximum absolute atomic E-state index is 13.2. The molecule has 86 valence electrons. The van der Waals surface area contributed by atoms with Crippen molar-refractivity contribution in [3.05, 3.63) is 64.4 Å². The van der Waals surface area contributed by atoms with Gasteiger partial charge >= 0.3 is 0 Å². The molecule has 0 saturated carbocycles. The third kappa shape index (κ3) is 2.51. The molecule has 0 aliphatic heterocycles. The average Bonchev–Trinajstić information content (AvgIpc) is 2.33. The SMILES string of the molecule is C=Cc1ccc(Cl)c(-c2cc(F)ccc2Cl)c1. The van der Waals surface area contributed by atoms with E-state index in [1.807, 2.05) is 12.1 Å². The smallest absolute Gasteiger partial charge is 0.123 e. The average molecular weight is 267 g/mol. The van der Waals surface area contributed by atoms with E-state index in [1.165, 1.54) is 18.2 Å². The molecule has 0 aliphatic rings. The largest absolute Gasteiger partial charge is 0.207 e. The standard InChI is InChI=1S/C14H9Cl2F/c1-2-9-3-5-13(15)11(7-9)12-8-10(17)4-6-14(12)16/h2-8H,1H2. The van der Waals surface area contributed by atoms with Gasteiger partial charge in [0.05, 0.1) is 0 Å². The lowest BCUT2D eigenvalue weighted by molar-refractivity contribution is 0.628. The molecule has 3 heteroatoms. The van der Waals surface area contributed by atoms with E-state index in [4.69, 9.17) is 23.2 Å². The number of benzene rings is 2. The molecule has 0 saturated heterocycles. The maximum Gasteiger partial charge on any atom is 0.123 e. The number of rotatable bonds is 2. The topological polar surface area (TPSA) is 0 Å². The van der Waals surface area contributed by atoms with Gasteiger partial charge in [-0.25, -0.2) is 4.39 Å². The Balaban J connectivity index is 2.66. The Morgan fingerprint density at radius 2 is 1.53 bits per heavy atom. The molecule has 0 bridgehead atoms. The Morgan fingerprint density at radius 1 is 0.941 bits per heavy atom. The Bertz CT molecular complexity index is 576. The second-order valence-electron chi connectivity index (χ2n) is 3.57. The van der Waals surface area contributed by atoms with E-state index >= 15 is 0 Å². The molecule has 0 radical (unpaired) electrons. The Morgan fingerprint density at radius 3 is 2.18 bits per heavy atom. The monoisotopic (exact) mass is 266 g/mol. The second kappa shape index (κ2) is 4.91. The van der Waals surface area contributed by atoms with E-state index in [2.05, 4.69) is 6.58 Å². The minimum absolute atomic E-state index is 0.343. The van der Waals surface area contributed by atoms with Crippen LogP contribution >= 0.6 is 23.2 Å². The van der Waals surface area contributed by atoms with Crippen LogP contribution in [0.3, 0.4) is 0 Å². The second-order valence-corrected chi connectivity index (χ2v) is 4.38. The first kappa shape index (κ1) is 12.2. The summed E-state index contributed by atoms with van der Waals surface area (Å²) in [7, 11) is 0. The van der Waals surface area contributed by atoms with Crippen molar-refractivity contribution in [1.29, 1.82) is 0 Å². The molecule has 0 aliphatic carbocycles. The molecule has 0 atom stereocenters. The zero-order valence-electron chi connectivity index (χ0n) is 8.88. The van der Waals surface area contributed by atoms with Gasteiger partial charge in [-0.2, -0.15) is 0 Å². The van der Waals surface area contributed by atoms with Crippen molar-refractivity contribution in [1.82, 2.24) is 0 Å². The van der Waals surface area contributed by atoms with E-state index in [9.17, 15) is 4.39 Å². The van der Waals surface area contributed by atoms with Crippen LogP contribution in [0.4, 0.5) is 4.39 Å². The molecule has 2 aromatic rings. The highest BCUT2D eigenvalue weighted by Crippen LogP contribution is 2.34. The van der Waals surface area contributed by atoms with Crippen LogP contribution in [0.25, 0.3) is 17.2 Å². The lowest BCUT2D eigenvalue weighted by Gasteiger charge is -2.08. The van der Waals surface area contributed by atoms with Gasteiger partial charge in [0.25, 0.3) is 0 Å². The number of hydrogen-bond acceptors (Lipinski definition) is 0. The zero-order valence-corrected chi connectivity index (χ0v) is 10.4. The predicted octanol–water partition coefficient (Wildman–Crippen LogP) is 5.44. The predicted molar refractivity (Wildman–Crippen MR) is 71.9 cm³/mol. The molecular formula is C14H9Cl2F. The summed E-state index contributed by atoms with van der Waals surface area (Å²) in [4.78, 5) is 0. The fourth-order valence-electron chi connectivity index (χ4n) is 1.58. The van der Waals surface area contributed by atoms with Crippen LogP contribution in [0.2, 0.25) is 10.0 Å². The van der Waals surface area contributed by atoms with Crippen LogP contribution in [0.15, 0.2) is 43.0 Å². The molecule has 0 aromatic heterocycles. The Labute approximate surface area is 109 Å².